The van der Waals surface area contributed by atoms with Crippen LogP contribution in [-0.4, -0.2) is 21.0 Å². The van der Waals surface area contributed by atoms with E-state index in [0.717, 1.165) is 18.5 Å². The Morgan fingerprint density at radius 1 is 1.62 bits per heavy atom. The Morgan fingerprint density at radius 2 is 2.44 bits per heavy atom. The molecule has 1 aromatic rings. The summed E-state index contributed by atoms with van der Waals surface area (Å²) in [6.07, 6.45) is 7.33. The first-order valence-electron chi connectivity index (χ1n) is 5.25. The van der Waals surface area contributed by atoms with Gasteiger partial charge in [0.25, 0.3) is 0 Å². The molecule has 1 aliphatic rings. The minimum Gasteiger partial charge on any atom is -0.225 e. The molecule has 1 heterocycles. The predicted octanol–water partition coefficient (Wildman–Crippen LogP) is 2.62. The van der Waals surface area contributed by atoms with Crippen LogP contribution in [0.15, 0.2) is 23.6 Å². The van der Waals surface area contributed by atoms with Crippen LogP contribution in [-0.2, 0) is 0 Å². The van der Waals surface area contributed by atoms with Crippen molar-refractivity contribution in [2.75, 3.05) is 0 Å². The molecule has 0 fully saturated rings. The fraction of sp³-hybridized carbons (Fsp3) is 0.600. The van der Waals surface area contributed by atoms with Crippen molar-refractivity contribution < 1.29 is 0 Å². The summed E-state index contributed by atoms with van der Waals surface area (Å²) < 4.78 is 1.73. The maximum Gasteiger partial charge on any atom is 0.0697 e. The van der Waals surface area contributed by atoms with Gasteiger partial charge in [-0.05, 0) is 23.8 Å². The van der Waals surface area contributed by atoms with Crippen LogP contribution in [0.1, 0.15) is 26.7 Å². The third-order valence-electron chi connectivity index (χ3n) is 3.07. The molecule has 84 valence electrons. The zero-order valence-electron chi connectivity index (χ0n) is 9.41. The lowest BCUT2D eigenvalue weighted by molar-refractivity contribution is 0.289. The number of azide groups is 1. The van der Waals surface area contributed by atoms with E-state index >= 15 is 0 Å². The molecular weight excluding hydrogens is 204 g/mol. The molecule has 0 saturated heterocycles. The first kappa shape index (κ1) is 10.7. The van der Waals surface area contributed by atoms with Crippen LogP contribution in [0.3, 0.4) is 0 Å². The van der Waals surface area contributed by atoms with Crippen LogP contribution >= 0.6 is 0 Å². The molecule has 6 heteroatoms. The molecule has 0 saturated carbocycles. The van der Waals surface area contributed by atoms with Gasteiger partial charge in [-0.25, -0.2) is 4.68 Å². The Hall–Kier alpha value is -1.81. The zero-order valence-corrected chi connectivity index (χ0v) is 9.41. The first-order chi connectivity index (χ1) is 7.63. The SMILES string of the molecule is CC1(C)CCC(n2ccnn2)=CC1N=[N+]=[N-]. The summed E-state index contributed by atoms with van der Waals surface area (Å²) in [5.74, 6) is 0. The molecule has 0 spiro atoms. The molecule has 0 aliphatic heterocycles. The summed E-state index contributed by atoms with van der Waals surface area (Å²) in [4.78, 5) is 2.91. The fourth-order valence-electron chi connectivity index (χ4n) is 1.89. The topological polar surface area (TPSA) is 79.5 Å². The van der Waals surface area contributed by atoms with Crippen molar-refractivity contribution in [3.63, 3.8) is 0 Å². The molecule has 0 bridgehead atoms. The highest BCUT2D eigenvalue weighted by Crippen LogP contribution is 2.37. The molecule has 0 N–H and O–H groups in total. The summed E-state index contributed by atoms with van der Waals surface area (Å²) in [5, 5.41) is 11.6. The lowest BCUT2D eigenvalue weighted by Gasteiger charge is -2.34. The van der Waals surface area contributed by atoms with Crippen molar-refractivity contribution in [3.8, 4) is 0 Å². The smallest absolute Gasteiger partial charge is 0.0697 e. The number of hydrogen-bond donors (Lipinski definition) is 0. The van der Waals surface area contributed by atoms with Gasteiger partial charge < -0.3 is 0 Å². The predicted molar refractivity (Wildman–Crippen MR) is 60.2 cm³/mol. The summed E-state index contributed by atoms with van der Waals surface area (Å²) in [7, 11) is 0. The van der Waals surface area contributed by atoms with E-state index in [2.05, 4.69) is 34.2 Å². The van der Waals surface area contributed by atoms with Crippen molar-refractivity contribution in [3.05, 3.63) is 28.9 Å². The molecule has 6 nitrogen and oxygen atoms in total. The maximum absolute atomic E-state index is 8.56. The van der Waals surface area contributed by atoms with E-state index in [1.54, 1.807) is 17.1 Å². The van der Waals surface area contributed by atoms with Crippen molar-refractivity contribution in [1.82, 2.24) is 15.0 Å². The minimum atomic E-state index is -0.120. The third kappa shape index (κ3) is 1.92. The average molecular weight is 218 g/mol. The van der Waals surface area contributed by atoms with E-state index in [1.165, 1.54) is 0 Å². The van der Waals surface area contributed by atoms with E-state index in [0.29, 0.717) is 0 Å². The van der Waals surface area contributed by atoms with E-state index in [-0.39, 0.29) is 11.5 Å². The lowest BCUT2D eigenvalue weighted by Crippen LogP contribution is -2.30. The van der Waals surface area contributed by atoms with Gasteiger partial charge in [0.2, 0.25) is 0 Å². The molecule has 16 heavy (non-hydrogen) atoms. The van der Waals surface area contributed by atoms with Crippen LogP contribution < -0.4 is 0 Å². The van der Waals surface area contributed by atoms with E-state index < -0.39 is 0 Å². The van der Waals surface area contributed by atoms with Crippen molar-refractivity contribution >= 4 is 5.70 Å². The zero-order chi connectivity index (χ0) is 11.6. The van der Waals surface area contributed by atoms with Crippen LogP contribution in [0, 0.1) is 5.41 Å². The van der Waals surface area contributed by atoms with Crippen molar-refractivity contribution in [1.29, 1.82) is 0 Å². The Balaban J connectivity index is 2.33. The van der Waals surface area contributed by atoms with Gasteiger partial charge in [0.05, 0.1) is 18.4 Å². The summed E-state index contributed by atoms with van der Waals surface area (Å²) in [6.45, 7) is 4.22. The molecule has 1 atom stereocenters. The van der Waals surface area contributed by atoms with E-state index in [9.17, 15) is 0 Å². The average Bonchev–Trinajstić information content (AvgIpc) is 2.74. The normalized spacial score (nSPS) is 23.4. The maximum atomic E-state index is 8.56. The van der Waals surface area contributed by atoms with Gasteiger partial charge in [0, 0.05) is 10.6 Å². The molecule has 1 aromatic heterocycles. The highest BCUT2D eigenvalue weighted by Gasteiger charge is 2.31. The summed E-state index contributed by atoms with van der Waals surface area (Å²) in [6, 6.07) is -0.120. The summed E-state index contributed by atoms with van der Waals surface area (Å²) >= 11 is 0. The van der Waals surface area contributed by atoms with Gasteiger partial charge in [-0.1, -0.05) is 30.3 Å². The Bertz CT molecular complexity index is 438. The number of allylic oxidation sites excluding steroid dienone is 1. The number of aromatic nitrogens is 3. The van der Waals surface area contributed by atoms with Crippen LogP contribution in [0.2, 0.25) is 0 Å². The van der Waals surface area contributed by atoms with Crippen LogP contribution in [0.4, 0.5) is 0 Å². The number of nitrogens with zero attached hydrogens (tertiary/aromatic N) is 6. The van der Waals surface area contributed by atoms with Gasteiger partial charge in [0.15, 0.2) is 0 Å². The third-order valence-corrected chi connectivity index (χ3v) is 3.07. The van der Waals surface area contributed by atoms with Gasteiger partial charge in [-0.3, -0.25) is 0 Å². The van der Waals surface area contributed by atoms with Crippen LogP contribution in [0.25, 0.3) is 16.1 Å². The lowest BCUT2D eigenvalue weighted by atomic mass is 9.76. The van der Waals surface area contributed by atoms with E-state index in [1.807, 2.05) is 6.08 Å². The standard InChI is InChI=1S/C10H14N6/c1-10(2)4-3-8(7-9(10)13-14-11)16-6-5-12-15-16/h5-7,9H,3-4H2,1-2H3. The number of rotatable bonds is 2. The molecule has 2 rings (SSSR count). The molecular formula is C10H14N6. The van der Waals surface area contributed by atoms with E-state index in [4.69, 9.17) is 5.53 Å². The Kier molecular flexibility index (Phi) is 2.66. The molecule has 1 aliphatic carbocycles. The van der Waals surface area contributed by atoms with Crippen LogP contribution in [0.5, 0.6) is 0 Å². The van der Waals surface area contributed by atoms with Gasteiger partial charge >= 0.3 is 0 Å². The molecule has 1 unspecified atom stereocenters. The largest absolute Gasteiger partial charge is 0.225 e. The second-order valence-electron chi connectivity index (χ2n) is 4.64. The van der Waals surface area contributed by atoms with Crippen molar-refractivity contribution in [2.24, 2.45) is 10.5 Å². The molecule has 0 aromatic carbocycles. The highest BCUT2D eigenvalue weighted by atomic mass is 15.4. The highest BCUT2D eigenvalue weighted by molar-refractivity contribution is 5.47. The first-order valence-corrected chi connectivity index (χ1v) is 5.25. The van der Waals surface area contributed by atoms with Gasteiger partial charge in [-0.15, -0.1) is 5.10 Å². The quantitative estimate of drug-likeness (QED) is 0.434. The molecule has 0 amide bonds. The summed E-state index contributed by atoms with van der Waals surface area (Å²) in [5.41, 5.74) is 9.62. The molecule has 0 radical (unpaired) electrons. The van der Waals surface area contributed by atoms with Crippen molar-refractivity contribution in [2.45, 2.75) is 32.7 Å². The minimum absolute atomic E-state index is 0.0102. The second kappa shape index (κ2) is 3.98. The second-order valence-corrected chi connectivity index (χ2v) is 4.64. The van der Waals surface area contributed by atoms with Gasteiger partial charge in [-0.2, -0.15) is 0 Å². The van der Waals surface area contributed by atoms with Gasteiger partial charge in [0.1, 0.15) is 0 Å². The Labute approximate surface area is 93.6 Å². The fourth-order valence-corrected chi connectivity index (χ4v) is 1.89. The monoisotopic (exact) mass is 218 g/mol. The Morgan fingerprint density at radius 3 is 3.06 bits per heavy atom. The number of hydrogen-bond acceptors (Lipinski definition) is 3.